The van der Waals surface area contributed by atoms with Crippen LogP contribution in [0.25, 0.3) is 22.0 Å². The first-order valence-corrected chi connectivity index (χ1v) is 8.82. The second-order valence-electron chi connectivity index (χ2n) is 6.23. The molecule has 0 unspecified atom stereocenters. The van der Waals surface area contributed by atoms with E-state index in [-0.39, 0.29) is 11.9 Å². The fourth-order valence-corrected chi connectivity index (χ4v) is 3.05. The van der Waals surface area contributed by atoms with E-state index in [1.807, 2.05) is 68.6 Å². The average molecular weight is 352 g/mol. The molecule has 128 valence electrons. The van der Waals surface area contributed by atoms with Gasteiger partial charge in [-0.1, -0.05) is 61.0 Å². The lowest BCUT2D eigenvalue weighted by atomic mass is 10.0. The summed E-state index contributed by atoms with van der Waals surface area (Å²) in [5, 5.41) is 2.59. The van der Waals surface area contributed by atoms with Crippen molar-refractivity contribution in [2.75, 3.05) is 7.05 Å². The number of pyridine rings is 1. The van der Waals surface area contributed by atoms with Crippen molar-refractivity contribution in [3.8, 4) is 11.3 Å². The number of benzene rings is 2. The predicted molar refractivity (Wildman–Crippen MR) is 104 cm³/mol. The third-order valence-electron chi connectivity index (χ3n) is 4.66. The molecule has 0 aliphatic rings. The van der Waals surface area contributed by atoms with Gasteiger partial charge < -0.3 is 4.90 Å². The van der Waals surface area contributed by atoms with Gasteiger partial charge in [-0.25, -0.2) is 4.98 Å². The maximum atomic E-state index is 12.9. The minimum Gasteiger partial charge on any atom is -0.338 e. The average Bonchev–Trinajstić information content (AvgIpc) is 2.65. The highest BCUT2D eigenvalue weighted by Gasteiger charge is 2.20. The van der Waals surface area contributed by atoms with Gasteiger partial charge in [-0.3, -0.25) is 4.79 Å². The number of fused-ring (bicyclic) bond motifs is 1. The molecule has 3 nitrogen and oxygen atoms in total. The number of hydrogen-bond donors (Lipinski definition) is 0. The van der Waals surface area contributed by atoms with Crippen molar-refractivity contribution in [1.82, 2.24) is 9.88 Å². The third kappa shape index (κ3) is 3.38. The zero-order chi connectivity index (χ0) is 18.0. The number of nitrogens with zero attached hydrogens (tertiary/aromatic N) is 2. The Hall–Kier alpha value is -2.39. The van der Waals surface area contributed by atoms with E-state index in [0.717, 1.165) is 28.5 Å². The van der Waals surface area contributed by atoms with Crippen LogP contribution in [0.1, 0.15) is 30.8 Å². The molecule has 3 rings (SSSR count). The van der Waals surface area contributed by atoms with Crippen molar-refractivity contribution in [1.29, 1.82) is 0 Å². The lowest BCUT2D eigenvalue weighted by Gasteiger charge is -2.24. The first-order valence-electron chi connectivity index (χ1n) is 8.44. The second-order valence-corrected chi connectivity index (χ2v) is 6.64. The van der Waals surface area contributed by atoms with Crippen LogP contribution in [0.15, 0.2) is 54.6 Å². The van der Waals surface area contributed by atoms with Crippen LogP contribution < -0.4 is 0 Å². The zero-order valence-electron chi connectivity index (χ0n) is 14.7. The van der Waals surface area contributed by atoms with Gasteiger partial charge in [0, 0.05) is 29.1 Å². The molecular weight excluding hydrogens is 331 g/mol. The lowest BCUT2D eigenvalue weighted by molar-refractivity contribution is 0.0735. The van der Waals surface area contributed by atoms with Crippen LogP contribution in [0.5, 0.6) is 0 Å². The molecule has 2 aromatic carbocycles. The van der Waals surface area contributed by atoms with Crippen LogP contribution >= 0.6 is 11.6 Å². The summed E-state index contributed by atoms with van der Waals surface area (Å²) >= 11 is 6.39. The molecule has 0 bridgehead atoms. The largest absolute Gasteiger partial charge is 0.338 e. The number of carbonyl (C=O) groups is 1. The topological polar surface area (TPSA) is 33.2 Å². The minimum atomic E-state index is -0.0755. The first-order chi connectivity index (χ1) is 12.0. The van der Waals surface area contributed by atoms with Crippen molar-refractivity contribution in [3.63, 3.8) is 0 Å². The second kappa shape index (κ2) is 7.24. The summed E-state index contributed by atoms with van der Waals surface area (Å²) in [5.74, 6) is -0.0755. The van der Waals surface area contributed by atoms with Gasteiger partial charge in [0.05, 0.1) is 5.69 Å². The fraction of sp³-hybridized carbons (Fsp3) is 0.238. The molecule has 0 radical (unpaired) electrons. The normalized spacial score (nSPS) is 12.2. The van der Waals surface area contributed by atoms with Gasteiger partial charge >= 0.3 is 0 Å². The molecule has 1 aromatic heterocycles. The van der Waals surface area contributed by atoms with Crippen LogP contribution in [-0.2, 0) is 0 Å². The number of amides is 1. The van der Waals surface area contributed by atoms with Gasteiger partial charge in [0.25, 0.3) is 5.91 Å². The summed E-state index contributed by atoms with van der Waals surface area (Å²) in [6, 6.07) is 17.5. The van der Waals surface area contributed by atoms with Gasteiger partial charge in [-0.15, -0.1) is 0 Å². The highest BCUT2D eigenvalue weighted by molar-refractivity contribution is 6.33. The molecule has 0 fully saturated rings. The molecule has 0 spiro atoms. The summed E-state index contributed by atoms with van der Waals surface area (Å²) in [6.45, 7) is 4.10. The zero-order valence-corrected chi connectivity index (χ0v) is 15.4. The summed E-state index contributed by atoms with van der Waals surface area (Å²) < 4.78 is 0. The molecule has 0 saturated heterocycles. The van der Waals surface area contributed by atoms with E-state index in [4.69, 9.17) is 16.6 Å². The summed E-state index contributed by atoms with van der Waals surface area (Å²) in [7, 11) is 1.82. The van der Waals surface area contributed by atoms with E-state index in [1.165, 1.54) is 0 Å². The summed E-state index contributed by atoms with van der Waals surface area (Å²) in [6.07, 6.45) is 0.896. The Bertz CT molecular complexity index is 923. The molecule has 4 heteroatoms. The Morgan fingerprint density at radius 2 is 1.84 bits per heavy atom. The predicted octanol–water partition coefficient (Wildman–Crippen LogP) is 5.43. The maximum absolute atomic E-state index is 12.9. The molecule has 1 heterocycles. The molecular formula is C21H21ClN2O. The van der Waals surface area contributed by atoms with Crippen LogP contribution in [0.4, 0.5) is 0 Å². The van der Waals surface area contributed by atoms with Gasteiger partial charge in [-0.2, -0.15) is 0 Å². The first kappa shape index (κ1) is 17.4. The van der Waals surface area contributed by atoms with Crippen molar-refractivity contribution in [2.24, 2.45) is 0 Å². The molecule has 0 N–H and O–H groups in total. The number of aromatic nitrogens is 1. The summed E-state index contributed by atoms with van der Waals surface area (Å²) in [4.78, 5) is 19.3. The van der Waals surface area contributed by atoms with Crippen LogP contribution in [-0.4, -0.2) is 28.9 Å². The molecule has 25 heavy (non-hydrogen) atoms. The van der Waals surface area contributed by atoms with E-state index in [1.54, 1.807) is 4.90 Å². The van der Waals surface area contributed by atoms with Crippen molar-refractivity contribution >= 4 is 28.3 Å². The van der Waals surface area contributed by atoms with Crippen LogP contribution in [0.2, 0.25) is 5.02 Å². The molecule has 0 aliphatic heterocycles. The third-order valence-corrected chi connectivity index (χ3v) is 4.99. The SMILES string of the molecule is CC[C@@H](C)N([11CH3])C(=O)c1cc2ccccc2c(-c2ccccc2Cl)n1. The minimum absolute atomic E-state index is 0.0755. The van der Waals surface area contributed by atoms with Crippen molar-refractivity contribution in [2.45, 2.75) is 26.3 Å². The molecule has 0 aliphatic carbocycles. The Labute approximate surface area is 153 Å². The van der Waals surface area contributed by atoms with E-state index in [9.17, 15) is 4.79 Å². The van der Waals surface area contributed by atoms with Gasteiger partial charge in [0.2, 0.25) is 0 Å². The van der Waals surface area contributed by atoms with Crippen LogP contribution in [0.3, 0.4) is 0 Å². The van der Waals surface area contributed by atoms with Gasteiger partial charge in [-0.05, 0) is 30.9 Å². The molecule has 3 aromatic rings. The van der Waals surface area contributed by atoms with Crippen LogP contribution in [0, 0.1) is 0 Å². The van der Waals surface area contributed by atoms with E-state index < -0.39 is 0 Å². The highest BCUT2D eigenvalue weighted by Crippen LogP contribution is 2.32. The fourth-order valence-electron chi connectivity index (χ4n) is 2.82. The number of carbonyl (C=O) groups excluding carboxylic acids is 1. The standard InChI is InChI=1S/C21H21ClN2O/c1-4-14(2)24(3)21(25)19-13-15-9-5-6-10-16(15)20(23-19)17-11-7-8-12-18(17)22/h5-14H,4H2,1-3H3/t14-/m1/s1/i3-1. The van der Waals surface area contributed by atoms with E-state index >= 15 is 0 Å². The quantitative estimate of drug-likeness (QED) is 0.628. The Morgan fingerprint density at radius 1 is 1.16 bits per heavy atom. The highest BCUT2D eigenvalue weighted by atomic mass is 35.5. The Morgan fingerprint density at radius 3 is 2.56 bits per heavy atom. The van der Waals surface area contributed by atoms with Crippen molar-refractivity contribution in [3.05, 3.63) is 65.3 Å². The maximum Gasteiger partial charge on any atom is 0.272 e. The molecule has 1 atom stereocenters. The van der Waals surface area contributed by atoms with E-state index in [2.05, 4.69) is 6.92 Å². The lowest BCUT2D eigenvalue weighted by Crippen LogP contribution is -2.35. The Kier molecular flexibility index (Phi) is 5.05. The Balaban J connectivity index is 2.20. The smallest absolute Gasteiger partial charge is 0.272 e. The van der Waals surface area contributed by atoms with Crippen molar-refractivity contribution < 1.29 is 4.79 Å². The number of hydrogen-bond acceptors (Lipinski definition) is 2. The number of halogens is 1. The molecule has 0 saturated carbocycles. The summed E-state index contributed by atoms with van der Waals surface area (Å²) in [5.41, 5.74) is 2.02. The monoisotopic (exact) mass is 351 g/mol. The van der Waals surface area contributed by atoms with Gasteiger partial charge in [0.15, 0.2) is 0 Å². The molecule has 1 amide bonds. The van der Waals surface area contributed by atoms with Gasteiger partial charge in [0.1, 0.15) is 5.69 Å². The van der Waals surface area contributed by atoms with E-state index in [0.29, 0.717) is 10.7 Å². The number of rotatable bonds is 4.